The number of aromatic nitrogens is 1. The number of anilines is 1. The first-order chi connectivity index (χ1) is 16.4. The van der Waals surface area contributed by atoms with Gasteiger partial charge < -0.3 is 15.2 Å². The zero-order valence-corrected chi connectivity index (χ0v) is 20.2. The molecule has 0 fully saturated rings. The summed E-state index contributed by atoms with van der Waals surface area (Å²) in [6.45, 7) is 0.936. The fourth-order valence-electron chi connectivity index (χ4n) is 3.45. The second-order valence-electron chi connectivity index (χ2n) is 7.43. The van der Waals surface area contributed by atoms with Crippen LogP contribution in [0.25, 0.3) is 10.9 Å². The Hall–Kier alpha value is -3.00. The Morgan fingerprint density at radius 3 is 2.53 bits per heavy atom. The number of hydrogen-bond donors (Lipinski definition) is 2. The van der Waals surface area contributed by atoms with Crippen LogP contribution in [0.3, 0.4) is 0 Å². The first-order valence-corrected chi connectivity index (χ1v) is 12.1. The minimum Gasteiger partial charge on any atom is -0.350 e. The molecule has 2 amide bonds. The molecule has 0 atom stereocenters. The second kappa shape index (κ2) is 11.0. The molecule has 0 aliphatic carbocycles. The molecule has 1 heterocycles. The number of benzene rings is 3. The molecule has 34 heavy (non-hydrogen) atoms. The van der Waals surface area contributed by atoms with E-state index in [0.29, 0.717) is 34.4 Å². The molecular weight excluding hydrogens is 496 g/mol. The highest BCUT2D eigenvalue weighted by Crippen LogP contribution is 2.30. The Labute approximate surface area is 210 Å². The summed E-state index contributed by atoms with van der Waals surface area (Å²) in [5.74, 6) is -0.602. The van der Waals surface area contributed by atoms with Crippen molar-refractivity contribution in [2.24, 2.45) is 0 Å². The molecule has 1 aromatic heterocycles. The lowest BCUT2D eigenvalue weighted by molar-refractivity contribution is -0.113. The van der Waals surface area contributed by atoms with Gasteiger partial charge in [0.05, 0.1) is 16.3 Å². The Kier molecular flexibility index (Phi) is 7.77. The van der Waals surface area contributed by atoms with E-state index in [0.717, 1.165) is 15.8 Å². The van der Waals surface area contributed by atoms with Gasteiger partial charge in [0.25, 0.3) is 5.91 Å². The summed E-state index contributed by atoms with van der Waals surface area (Å²) in [4.78, 5) is 25.8. The predicted octanol–water partition coefficient (Wildman–Crippen LogP) is 6.25. The lowest BCUT2D eigenvalue weighted by atomic mass is 10.2. The number of halogens is 3. The van der Waals surface area contributed by atoms with E-state index in [2.05, 4.69) is 10.6 Å². The summed E-state index contributed by atoms with van der Waals surface area (Å²) in [5.41, 5.74) is 1.92. The summed E-state index contributed by atoms with van der Waals surface area (Å²) >= 11 is 13.4. The monoisotopic (exact) mass is 515 g/mol. The summed E-state index contributed by atoms with van der Waals surface area (Å²) in [5, 5.41) is 7.43. The van der Waals surface area contributed by atoms with Gasteiger partial charge in [0.15, 0.2) is 0 Å². The Morgan fingerprint density at radius 1 is 1.00 bits per heavy atom. The van der Waals surface area contributed by atoms with Crippen molar-refractivity contribution in [3.8, 4) is 0 Å². The fraction of sp³-hybridized carbons (Fsp3) is 0.120. The van der Waals surface area contributed by atoms with Crippen molar-refractivity contribution in [2.45, 2.75) is 11.4 Å². The van der Waals surface area contributed by atoms with E-state index in [1.807, 2.05) is 35.0 Å². The maximum absolute atomic E-state index is 13.0. The first-order valence-electron chi connectivity index (χ1n) is 10.4. The van der Waals surface area contributed by atoms with Crippen molar-refractivity contribution in [1.29, 1.82) is 0 Å². The van der Waals surface area contributed by atoms with Crippen molar-refractivity contribution in [3.05, 3.63) is 94.4 Å². The van der Waals surface area contributed by atoms with Crippen LogP contribution in [0.5, 0.6) is 0 Å². The Bertz CT molecular complexity index is 1340. The lowest BCUT2D eigenvalue weighted by Crippen LogP contribution is -2.27. The Balaban J connectivity index is 1.38. The highest BCUT2D eigenvalue weighted by atomic mass is 35.5. The van der Waals surface area contributed by atoms with Crippen LogP contribution in [0.2, 0.25) is 10.0 Å². The van der Waals surface area contributed by atoms with E-state index in [-0.39, 0.29) is 23.4 Å². The molecule has 4 rings (SSSR count). The summed E-state index contributed by atoms with van der Waals surface area (Å²) in [6.07, 6.45) is 1.97. The van der Waals surface area contributed by atoms with Crippen LogP contribution in [-0.4, -0.2) is 28.7 Å². The third-order valence-corrected chi connectivity index (χ3v) is 6.64. The number of nitrogens with zero attached hydrogens (tertiary/aromatic N) is 1. The van der Waals surface area contributed by atoms with Crippen molar-refractivity contribution < 1.29 is 14.0 Å². The molecule has 0 radical (unpaired) electrons. The molecule has 9 heteroatoms. The number of nitrogens with one attached hydrogen (secondary N) is 2. The van der Waals surface area contributed by atoms with Gasteiger partial charge in [0, 0.05) is 45.8 Å². The first kappa shape index (κ1) is 24.1. The van der Waals surface area contributed by atoms with Crippen molar-refractivity contribution >= 4 is 63.4 Å². The molecule has 174 valence electrons. The number of hydrogen-bond acceptors (Lipinski definition) is 3. The maximum atomic E-state index is 13.0. The third kappa shape index (κ3) is 5.91. The predicted molar refractivity (Wildman–Crippen MR) is 136 cm³/mol. The van der Waals surface area contributed by atoms with E-state index in [1.54, 1.807) is 12.1 Å². The number of para-hydroxylation sites is 1. The smallest absolute Gasteiger partial charge is 0.252 e. The van der Waals surface area contributed by atoms with Gasteiger partial charge in [-0.05, 0) is 48.5 Å². The molecule has 0 unspecified atom stereocenters. The molecular formula is C25H20Cl2FN3O2S. The molecule has 0 saturated heterocycles. The SMILES string of the molecule is O=C(CSc1cn(CCNC(=O)c2ccc(Cl)cc2Cl)c2ccccc12)Nc1ccc(F)cc1. The molecule has 0 aliphatic rings. The normalized spacial score (nSPS) is 10.9. The topological polar surface area (TPSA) is 63.1 Å². The van der Waals surface area contributed by atoms with Crippen molar-refractivity contribution in [2.75, 3.05) is 17.6 Å². The van der Waals surface area contributed by atoms with Gasteiger partial charge in [-0.1, -0.05) is 41.4 Å². The van der Waals surface area contributed by atoms with Crippen LogP contribution < -0.4 is 10.6 Å². The fourth-order valence-corrected chi connectivity index (χ4v) is 4.83. The van der Waals surface area contributed by atoms with Gasteiger partial charge >= 0.3 is 0 Å². The van der Waals surface area contributed by atoms with Gasteiger partial charge in [-0.2, -0.15) is 0 Å². The number of amides is 2. The van der Waals surface area contributed by atoms with Gasteiger partial charge in [-0.15, -0.1) is 11.8 Å². The molecule has 5 nitrogen and oxygen atoms in total. The molecule has 0 bridgehead atoms. The molecule has 0 aliphatic heterocycles. The van der Waals surface area contributed by atoms with Gasteiger partial charge in [-0.25, -0.2) is 4.39 Å². The molecule has 3 aromatic carbocycles. The van der Waals surface area contributed by atoms with Crippen molar-refractivity contribution in [1.82, 2.24) is 9.88 Å². The van der Waals surface area contributed by atoms with Crippen LogP contribution in [0.1, 0.15) is 10.4 Å². The average Bonchev–Trinajstić information content (AvgIpc) is 3.17. The average molecular weight is 516 g/mol. The summed E-state index contributed by atoms with van der Waals surface area (Å²) in [6, 6.07) is 18.3. The second-order valence-corrected chi connectivity index (χ2v) is 9.29. The van der Waals surface area contributed by atoms with Gasteiger partial charge in [-0.3, -0.25) is 9.59 Å². The minimum atomic E-state index is -0.354. The summed E-state index contributed by atoms with van der Waals surface area (Å²) < 4.78 is 15.1. The zero-order chi connectivity index (χ0) is 24.1. The Morgan fingerprint density at radius 2 is 1.76 bits per heavy atom. The third-order valence-electron chi connectivity index (χ3n) is 5.05. The molecule has 0 saturated carbocycles. The van der Waals surface area contributed by atoms with Crippen molar-refractivity contribution in [3.63, 3.8) is 0 Å². The van der Waals surface area contributed by atoms with E-state index in [4.69, 9.17) is 23.2 Å². The zero-order valence-electron chi connectivity index (χ0n) is 17.9. The summed E-state index contributed by atoms with van der Waals surface area (Å²) in [7, 11) is 0. The van der Waals surface area contributed by atoms with Crippen LogP contribution >= 0.6 is 35.0 Å². The van der Waals surface area contributed by atoms with Gasteiger partial charge in [0.2, 0.25) is 5.91 Å². The number of thioether (sulfide) groups is 1. The molecule has 2 N–H and O–H groups in total. The lowest BCUT2D eigenvalue weighted by Gasteiger charge is -2.09. The highest BCUT2D eigenvalue weighted by Gasteiger charge is 2.13. The minimum absolute atomic E-state index is 0.180. The maximum Gasteiger partial charge on any atom is 0.252 e. The largest absolute Gasteiger partial charge is 0.350 e. The van der Waals surface area contributed by atoms with E-state index in [9.17, 15) is 14.0 Å². The number of rotatable bonds is 8. The number of carbonyl (C=O) groups excluding carboxylic acids is 2. The van der Waals surface area contributed by atoms with E-state index >= 15 is 0 Å². The highest BCUT2D eigenvalue weighted by molar-refractivity contribution is 8.00. The standard InChI is InChI=1S/C25H20Cl2FN3O2S/c26-16-5-10-19(21(27)13-16)25(33)29-11-12-31-14-23(20-3-1-2-4-22(20)31)34-15-24(32)30-18-8-6-17(28)7-9-18/h1-10,13-14H,11-12,15H2,(H,29,33)(H,30,32). The number of fused-ring (bicyclic) bond motifs is 1. The van der Waals surface area contributed by atoms with Crippen LogP contribution in [0.15, 0.2) is 77.8 Å². The molecule has 0 spiro atoms. The van der Waals surface area contributed by atoms with Crippen LogP contribution in [0, 0.1) is 5.82 Å². The van der Waals surface area contributed by atoms with Gasteiger partial charge in [0.1, 0.15) is 5.82 Å². The van der Waals surface area contributed by atoms with E-state index < -0.39 is 0 Å². The molecule has 4 aromatic rings. The van der Waals surface area contributed by atoms with E-state index in [1.165, 1.54) is 42.1 Å². The van der Waals surface area contributed by atoms with Crippen LogP contribution in [0.4, 0.5) is 10.1 Å². The van der Waals surface area contributed by atoms with Crippen LogP contribution in [-0.2, 0) is 11.3 Å². The quantitative estimate of drug-likeness (QED) is 0.272. The number of carbonyl (C=O) groups is 2.